The van der Waals surface area contributed by atoms with E-state index in [9.17, 15) is 15.2 Å². The molecule has 5 nitrogen and oxygen atoms in total. The maximum Gasteiger partial charge on any atom is 0.225 e. The highest BCUT2D eigenvalue weighted by Gasteiger charge is 2.26. The number of rotatable bonds is 5. The summed E-state index contributed by atoms with van der Waals surface area (Å²) in [6.45, 7) is 2.14. The number of hydrogen-bond acceptors (Lipinski definition) is 5. The summed E-state index contributed by atoms with van der Waals surface area (Å²) in [7, 11) is 0. The molecular weight excluding hydrogens is 334 g/mol. The van der Waals surface area contributed by atoms with E-state index >= 15 is 0 Å². The van der Waals surface area contributed by atoms with Gasteiger partial charge >= 0.3 is 0 Å². The third-order valence-electron chi connectivity index (χ3n) is 4.67. The van der Waals surface area contributed by atoms with Gasteiger partial charge < -0.3 is 10.4 Å². The lowest BCUT2D eigenvalue weighted by Gasteiger charge is -2.19. The Labute approximate surface area is 151 Å². The van der Waals surface area contributed by atoms with E-state index in [4.69, 9.17) is 0 Å². The van der Waals surface area contributed by atoms with Crippen LogP contribution in [0.1, 0.15) is 47.4 Å². The van der Waals surface area contributed by atoms with Gasteiger partial charge in [-0.2, -0.15) is 5.26 Å². The SMILES string of the molecule is CC(CC(=O)Nc1sc2c(c1C#N)CCC(CO)C2)c1ccccn1. The monoisotopic (exact) mass is 355 g/mol. The Morgan fingerprint density at radius 2 is 2.40 bits per heavy atom. The first-order valence-corrected chi connectivity index (χ1v) is 9.30. The van der Waals surface area contributed by atoms with E-state index in [1.165, 1.54) is 11.3 Å². The van der Waals surface area contributed by atoms with Crippen LogP contribution >= 0.6 is 11.3 Å². The number of anilines is 1. The number of hydrogen-bond donors (Lipinski definition) is 2. The zero-order valence-corrected chi connectivity index (χ0v) is 15.0. The minimum atomic E-state index is -0.105. The van der Waals surface area contributed by atoms with Crippen LogP contribution in [0.4, 0.5) is 5.00 Å². The van der Waals surface area contributed by atoms with Crippen molar-refractivity contribution in [3.8, 4) is 6.07 Å². The lowest BCUT2D eigenvalue weighted by Crippen LogP contribution is -2.16. The zero-order chi connectivity index (χ0) is 17.8. The lowest BCUT2D eigenvalue weighted by atomic mass is 9.88. The van der Waals surface area contributed by atoms with Crippen LogP contribution in [0.15, 0.2) is 24.4 Å². The molecule has 1 aliphatic rings. The van der Waals surface area contributed by atoms with E-state index in [2.05, 4.69) is 16.4 Å². The lowest BCUT2D eigenvalue weighted by molar-refractivity contribution is -0.116. The van der Waals surface area contributed by atoms with E-state index in [-0.39, 0.29) is 24.3 Å². The largest absolute Gasteiger partial charge is 0.396 e. The number of thiophene rings is 1. The van der Waals surface area contributed by atoms with Crippen LogP contribution in [-0.2, 0) is 17.6 Å². The average molecular weight is 355 g/mol. The molecule has 25 heavy (non-hydrogen) atoms. The van der Waals surface area contributed by atoms with Crippen LogP contribution in [0.5, 0.6) is 0 Å². The first kappa shape index (κ1) is 17.6. The summed E-state index contributed by atoms with van der Waals surface area (Å²) < 4.78 is 0. The van der Waals surface area contributed by atoms with Crippen molar-refractivity contribution in [2.45, 2.75) is 38.5 Å². The Balaban J connectivity index is 1.71. The Morgan fingerprint density at radius 1 is 1.56 bits per heavy atom. The number of nitriles is 1. The van der Waals surface area contributed by atoms with E-state index in [1.807, 2.05) is 25.1 Å². The van der Waals surface area contributed by atoms with E-state index in [0.29, 0.717) is 17.0 Å². The molecule has 0 saturated heterocycles. The summed E-state index contributed by atoms with van der Waals surface area (Å²) in [5.74, 6) is 0.164. The number of aliphatic hydroxyl groups is 1. The number of pyridine rings is 1. The van der Waals surface area contributed by atoms with Gasteiger partial charge in [0.25, 0.3) is 0 Å². The fourth-order valence-corrected chi connectivity index (χ4v) is 4.57. The van der Waals surface area contributed by atoms with Gasteiger partial charge in [-0.05, 0) is 42.9 Å². The van der Waals surface area contributed by atoms with Gasteiger partial charge in [-0.15, -0.1) is 11.3 Å². The molecule has 1 aliphatic carbocycles. The molecule has 0 bridgehead atoms. The number of aliphatic hydroxyl groups excluding tert-OH is 1. The molecule has 2 unspecified atom stereocenters. The number of fused-ring (bicyclic) bond motifs is 1. The molecule has 0 radical (unpaired) electrons. The van der Waals surface area contributed by atoms with Crippen molar-refractivity contribution in [3.63, 3.8) is 0 Å². The molecule has 0 fully saturated rings. The van der Waals surface area contributed by atoms with Crippen molar-refractivity contribution in [3.05, 3.63) is 46.1 Å². The molecule has 3 rings (SSSR count). The first-order valence-electron chi connectivity index (χ1n) is 8.48. The van der Waals surface area contributed by atoms with E-state index < -0.39 is 0 Å². The van der Waals surface area contributed by atoms with Crippen LogP contribution in [0, 0.1) is 17.2 Å². The molecule has 2 aromatic heterocycles. The van der Waals surface area contributed by atoms with Crippen molar-refractivity contribution in [1.29, 1.82) is 5.26 Å². The first-order chi connectivity index (χ1) is 12.1. The number of nitrogens with zero attached hydrogens (tertiary/aromatic N) is 2. The Hall–Kier alpha value is -2.23. The normalized spacial score (nSPS) is 17.4. The molecular formula is C19H21N3O2S. The maximum atomic E-state index is 12.4. The number of carbonyl (C=O) groups excluding carboxylic acids is 1. The second kappa shape index (κ2) is 7.77. The topological polar surface area (TPSA) is 86.0 Å². The highest BCUT2D eigenvalue weighted by molar-refractivity contribution is 7.16. The molecule has 2 N–H and O–H groups in total. The van der Waals surface area contributed by atoms with E-state index in [0.717, 1.165) is 35.4 Å². The third kappa shape index (κ3) is 3.89. The number of aromatic nitrogens is 1. The summed E-state index contributed by atoms with van der Waals surface area (Å²) in [4.78, 5) is 17.8. The van der Waals surface area contributed by atoms with Gasteiger partial charge in [-0.3, -0.25) is 9.78 Å². The summed E-state index contributed by atoms with van der Waals surface area (Å²) in [6.07, 6.45) is 4.51. The summed E-state index contributed by atoms with van der Waals surface area (Å²) in [6, 6.07) is 7.93. The molecule has 0 aliphatic heterocycles. The molecule has 0 saturated carbocycles. The van der Waals surface area contributed by atoms with Crippen molar-refractivity contribution < 1.29 is 9.90 Å². The Bertz CT molecular complexity index is 795. The van der Waals surface area contributed by atoms with Gasteiger partial charge in [0.05, 0.1) is 5.56 Å². The molecule has 2 atom stereocenters. The van der Waals surface area contributed by atoms with Crippen molar-refractivity contribution in [2.24, 2.45) is 5.92 Å². The fourth-order valence-electron chi connectivity index (χ4n) is 3.24. The minimum absolute atomic E-state index is 0.0140. The Kier molecular flexibility index (Phi) is 5.47. The molecule has 2 aromatic rings. The minimum Gasteiger partial charge on any atom is -0.396 e. The van der Waals surface area contributed by atoms with Crippen LogP contribution < -0.4 is 5.32 Å². The quantitative estimate of drug-likeness (QED) is 0.862. The predicted molar refractivity (Wildman–Crippen MR) is 97.5 cm³/mol. The number of nitrogens with one attached hydrogen (secondary N) is 1. The van der Waals surface area contributed by atoms with Gasteiger partial charge in [0.1, 0.15) is 11.1 Å². The summed E-state index contributed by atoms with van der Waals surface area (Å²) in [5, 5.41) is 22.4. The second-order valence-electron chi connectivity index (χ2n) is 6.52. The van der Waals surface area contributed by atoms with Crippen molar-refractivity contribution in [1.82, 2.24) is 4.98 Å². The van der Waals surface area contributed by atoms with Crippen LogP contribution in [0.2, 0.25) is 0 Å². The van der Waals surface area contributed by atoms with Crippen LogP contribution in [0.25, 0.3) is 0 Å². The summed E-state index contributed by atoms with van der Waals surface area (Å²) in [5.41, 5.74) is 2.52. The smallest absolute Gasteiger partial charge is 0.225 e. The van der Waals surface area contributed by atoms with E-state index in [1.54, 1.807) is 6.20 Å². The molecule has 6 heteroatoms. The molecule has 1 amide bonds. The molecule has 0 aromatic carbocycles. The third-order valence-corrected chi connectivity index (χ3v) is 5.84. The molecule has 2 heterocycles. The van der Waals surface area contributed by atoms with Gasteiger partial charge in [-0.25, -0.2) is 0 Å². The molecule has 0 spiro atoms. The highest BCUT2D eigenvalue weighted by atomic mass is 32.1. The van der Waals surface area contributed by atoms with Gasteiger partial charge in [0.2, 0.25) is 5.91 Å². The fraction of sp³-hybridized carbons (Fsp3) is 0.421. The van der Waals surface area contributed by atoms with Gasteiger partial charge in [0.15, 0.2) is 0 Å². The van der Waals surface area contributed by atoms with Crippen molar-refractivity contribution >= 4 is 22.2 Å². The predicted octanol–water partition coefficient (Wildman–Crippen LogP) is 3.24. The van der Waals surface area contributed by atoms with Crippen LogP contribution in [-0.4, -0.2) is 22.6 Å². The molecule has 130 valence electrons. The number of amides is 1. The second-order valence-corrected chi connectivity index (χ2v) is 7.62. The highest BCUT2D eigenvalue weighted by Crippen LogP contribution is 2.39. The Morgan fingerprint density at radius 3 is 3.08 bits per heavy atom. The van der Waals surface area contributed by atoms with Crippen molar-refractivity contribution in [2.75, 3.05) is 11.9 Å². The van der Waals surface area contributed by atoms with Gasteiger partial charge in [0, 0.05) is 35.7 Å². The van der Waals surface area contributed by atoms with Crippen LogP contribution in [0.3, 0.4) is 0 Å². The maximum absolute atomic E-state index is 12.4. The summed E-state index contributed by atoms with van der Waals surface area (Å²) >= 11 is 1.48. The van der Waals surface area contributed by atoms with Gasteiger partial charge in [-0.1, -0.05) is 13.0 Å². The average Bonchev–Trinajstić information content (AvgIpc) is 2.97. The number of carbonyl (C=O) groups is 1. The zero-order valence-electron chi connectivity index (χ0n) is 14.2. The standard InChI is InChI=1S/C19H21N3O2S/c1-12(16-4-2-3-7-21-16)8-18(24)22-19-15(10-20)14-6-5-13(11-23)9-17(14)25-19/h2-4,7,12-13,23H,5-6,8-9,11H2,1H3,(H,22,24).